The molecule has 20 heavy (non-hydrogen) atoms. The maximum atomic E-state index is 5.13. The molecule has 2 heterocycles. The van der Waals surface area contributed by atoms with Crippen LogP contribution >= 0.6 is 0 Å². The second kappa shape index (κ2) is 6.31. The minimum absolute atomic E-state index is 0.279. The first-order valence-electron chi connectivity index (χ1n) is 6.83. The maximum absolute atomic E-state index is 5.13. The van der Waals surface area contributed by atoms with Crippen LogP contribution in [0.1, 0.15) is 32.2 Å². The number of nitrogens with zero attached hydrogens (tertiary/aromatic N) is 5. The topological polar surface area (TPSA) is 77.8 Å². The molecule has 2 rings (SSSR count). The van der Waals surface area contributed by atoms with Crippen molar-refractivity contribution in [3.8, 4) is 12.0 Å². The minimum atomic E-state index is 0.279. The van der Waals surface area contributed by atoms with Crippen molar-refractivity contribution < 1.29 is 4.74 Å². The first kappa shape index (κ1) is 14.2. The molecule has 0 atom stereocenters. The maximum Gasteiger partial charge on any atom is 0.322 e. The highest BCUT2D eigenvalue weighted by Crippen LogP contribution is 2.14. The van der Waals surface area contributed by atoms with Crippen molar-refractivity contribution in [3.05, 3.63) is 17.5 Å². The summed E-state index contributed by atoms with van der Waals surface area (Å²) in [6, 6.07) is 2.35. The number of methoxy groups -OCH3 is 1. The highest BCUT2D eigenvalue weighted by molar-refractivity contribution is 5.31. The van der Waals surface area contributed by atoms with Crippen LogP contribution in [0.25, 0.3) is 5.95 Å². The molecular formula is C13H20N6O. The summed E-state index contributed by atoms with van der Waals surface area (Å²) in [5.74, 6) is 0.967. The molecule has 0 spiro atoms. The number of hydrogen-bond acceptors (Lipinski definition) is 6. The van der Waals surface area contributed by atoms with E-state index in [-0.39, 0.29) is 6.01 Å². The number of aromatic nitrogens is 5. The third-order valence-corrected chi connectivity index (χ3v) is 2.87. The number of ether oxygens (including phenoxy) is 1. The van der Waals surface area contributed by atoms with E-state index in [0.717, 1.165) is 30.8 Å². The molecule has 108 valence electrons. The van der Waals surface area contributed by atoms with Gasteiger partial charge in [-0.25, -0.2) is 4.68 Å². The van der Waals surface area contributed by atoms with Crippen LogP contribution in [0.3, 0.4) is 0 Å². The van der Waals surface area contributed by atoms with Crippen LogP contribution in [-0.2, 0) is 12.8 Å². The Labute approximate surface area is 118 Å². The molecule has 1 N–H and O–H groups in total. The second-order valence-corrected chi connectivity index (χ2v) is 4.22. The van der Waals surface area contributed by atoms with E-state index in [4.69, 9.17) is 4.74 Å². The van der Waals surface area contributed by atoms with Gasteiger partial charge in [0.15, 0.2) is 0 Å². The lowest BCUT2D eigenvalue weighted by Crippen LogP contribution is -2.12. The molecule has 0 bridgehead atoms. The molecule has 0 aliphatic heterocycles. The van der Waals surface area contributed by atoms with E-state index < -0.39 is 0 Å². The van der Waals surface area contributed by atoms with Crippen molar-refractivity contribution in [2.75, 3.05) is 19.0 Å². The quantitative estimate of drug-likeness (QED) is 0.864. The third kappa shape index (κ3) is 2.87. The molecule has 7 nitrogen and oxygen atoms in total. The van der Waals surface area contributed by atoms with Gasteiger partial charge in [0.2, 0.25) is 5.95 Å². The van der Waals surface area contributed by atoms with E-state index in [2.05, 4.69) is 45.3 Å². The van der Waals surface area contributed by atoms with E-state index in [9.17, 15) is 0 Å². The molecule has 0 aliphatic rings. The summed E-state index contributed by atoms with van der Waals surface area (Å²) in [6.45, 7) is 6.86. The fraction of sp³-hybridized carbons (Fsp3) is 0.538. The van der Waals surface area contributed by atoms with Gasteiger partial charge >= 0.3 is 6.01 Å². The fourth-order valence-corrected chi connectivity index (χ4v) is 1.84. The second-order valence-electron chi connectivity index (χ2n) is 4.22. The van der Waals surface area contributed by atoms with Crippen molar-refractivity contribution in [1.82, 2.24) is 24.7 Å². The van der Waals surface area contributed by atoms with Crippen LogP contribution < -0.4 is 10.1 Å². The molecular weight excluding hydrogens is 256 g/mol. The number of nitrogens with one attached hydrogen (secondary N) is 1. The predicted octanol–water partition coefficient (Wildman–Crippen LogP) is 1.62. The minimum Gasteiger partial charge on any atom is -0.467 e. The van der Waals surface area contributed by atoms with Gasteiger partial charge in [0, 0.05) is 12.2 Å². The van der Waals surface area contributed by atoms with Crippen LogP contribution in [0, 0.1) is 0 Å². The molecule has 0 aromatic carbocycles. The van der Waals surface area contributed by atoms with Gasteiger partial charge in [0.05, 0.1) is 12.8 Å². The van der Waals surface area contributed by atoms with Crippen LogP contribution in [0.4, 0.5) is 5.95 Å². The lowest BCUT2D eigenvalue weighted by atomic mass is 10.3. The molecule has 0 amide bonds. The van der Waals surface area contributed by atoms with E-state index in [1.807, 2.05) is 6.92 Å². The van der Waals surface area contributed by atoms with Crippen LogP contribution in [0.15, 0.2) is 6.07 Å². The first-order valence-corrected chi connectivity index (χ1v) is 6.83. The van der Waals surface area contributed by atoms with Gasteiger partial charge in [-0.05, 0) is 25.8 Å². The number of aryl methyl sites for hydroxylation is 2. The molecule has 0 fully saturated rings. The fourth-order valence-electron chi connectivity index (χ4n) is 1.84. The Morgan fingerprint density at radius 2 is 1.95 bits per heavy atom. The molecule has 0 saturated heterocycles. The van der Waals surface area contributed by atoms with Crippen molar-refractivity contribution in [3.63, 3.8) is 0 Å². The monoisotopic (exact) mass is 276 g/mol. The zero-order chi connectivity index (χ0) is 14.5. The summed E-state index contributed by atoms with van der Waals surface area (Å²) in [7, 11) is 1.54. The smallest absolute Gasteiger partial charge is 0.322 e. The molecule has 0 aliphatic carbocycles. The van der Waals surface area contributed by atoms with E-state index in [1.165, 1.54) is 7.11 Å². The van der Waals surface area contributed by atoms with Gasteiger partial charge in [-0.15, -0.1) is 0 Å². The summed E-state index contributed by atoms with van der Waals surface area (Å²) in [5, 5.41) is 7.59. The van der Waals surface area contributed by atoms with E-state index in [0.29, 0.717) is 11.9 Å². The Morgan fingerprint density at radius 3 is 2.55 bits per heavy atom. The van der Waals surface area contributed by atoms with Crippen LogP contribution in [-0.4, -0.2) is 38.4 Å². The Kier molecular flexibility index (Phi) is 4.49. The number of rotatable bonds is 6. The molecule has 2 aromatic heterocycles. The first-order chi connectivity index (χ1) is 9.71. The lowest BCUT2D eigenvalue weighted by molar-refractivity contribution is 0.377. The largest absolute Gasteiger partial charge is 0.467 e. The van der Waals surface area contributed by atoms with Crippen molar-refractivity contribution in [2.24, 2.45) is 0 Å². The summed E-state index contributed by atoms with van der Waals surface area (Å²) in [4.78, 5) is 12.8. The van der Waals surface area contributed by atoms with Crippen molar-refractivity contribution in [2.45, 2.75) is 33.6 Å². The van der Waals surface area contributed by atoms with Crippen LogP contribution in [0.2, 0.25) is 0 Å². The highest BCUT2D eigenvalue weighted by atomic mass is 16.5. The summed E-state index contributed by atoms with van der Waals surface area (Å²) in [6.07, 6.45) is 1.74. The Hall–Kier alpha value is -2.18. The zero-order valence-corrected chi connectivity index (χ0v) is 12.3. The van der Waals surface area contributed by atoms with Gasteiger partial charge in [-0.1, -0.05) is 13.8 Å². The number of hydrogen-bond donors (Lipinski definition) is 1. The highest BCUT2D eigenvalue weighted by Gasteiger charge is 2.13. The average molecular weight is 276 g/mol. The van der Waals surface area contributed by atoms with E-state index in [1.54, 1.807) is 4.68 Å². The molecule has 7 heteroatoms. The Balaban J connectivity index is 2.50. The van der Waals surface area contributed by atoms with Gasteiger partial charge in [-0.3, -0.25) is 0 Å². The van der Waals surface area contributed by atoms with Gasteiger partial charge in [0.1, 0.15) is 0 Å². The lowest BCUT2D eigenvalue weighted by Gasteiger charge is -2.08. The molecule has 0 radical (unpaired) electrons. The summed E-state index contributed by atoms with van der Waals surface area (Å²) in [5.41, 5.74) is 2.09. The molecule has 2 aromatic rings. The Morgan fingerprint density at radius 1 is 1.15 bits per heavy atom. The normalized spacial score (nSPS) is 10.6. The van der Waals surface area contributed by atoms with Crippen molar-refractivity contribution in [1.29, 1.82) is 0 Å². The van der Waals surface area contributed by atoms with Gasteiger partial charge in [0.25, 0.3) is 5.95 Å². The summed E-state index contributed by atoms with van der Waals surface area (Å²) >= 11 is 0. The Bertz CT molecular complexity index is 580. The standard InChI is InChI=1S/C13H20N6O/c1-5-9-8-10(6-2)19(18-9)12-15-11(14-7-3)16-13(17-12)20-4/h8H,5-7H2,1-4H3,(H,14,15,16,17). The molecule has 0 saturated carbocycles. The zero-order valence-electron chi connectivity index (χ0n) is 12.3. The van der Waals surface area contributed by atoms with Gasteiger partial charge < -0.3 is 10.1 Å². The van der Waals surface area contributed by atoms with Gasteiger partial charge in [-0.2, -0.15) is 20.1 Å². The molecule has 0 unspecified atom stereocenters. The summed E-state index contributed by atoms with van der Waals surface area (Å²) < 4.78 is 6.88. The third-order valence-electron chi connectivity index (χ3n) is 2.87. The van der Waals surface area contributed by atoms with Crippen molar-refractivity contribution >= 4 is 5.95 Å². The SMILES string of the molecule is CCNc1nc(OC)nc(-n2nc(CC)cc2CC)n1. The predicted molar refractivity (Wildman–Crippen MR) is 76.4 cm³/mol. The van der Waals surface area contributed by atoms with E-state index >= 15 is 0 Å². The number of anilines is 1. The average Bonchev–Trinajstić information content (AvgIpc) is 2.90. The van der Waals surface area contributed by atoms with Crippen LogP contribution in [0.5, 0.6) is 6.01 Å².